The molecule has 2 aromatic heterocycles. The standard InChI is InChI=1S/C46H44N2O4S2/c1-7-9-23-47-31-17-13-11-15-29(31)45(3,4)37(47)25-27-41(49)39(42(27)50)35-21-19-33(53-35)34-20-22-36(54-34)40-43(51)28(44(40)52)26-38-46(5,6)30-16-12-14-18-32(30)48(38)24-10-8-2/h11-22,25-26H,7-10,23-24H2,1-6H3/p+1. The fraction of sp³-hybridized carbons (Fsp3) is 0.304. The molecule has 2 aliphatic heterocycles. The highest BCUT2D eigenvalue weighted by Gasteiger charge is 2.45. The van der Waals surface area contributed by atoms with Crippen molar-refractivity contribution in [3.63, 3.8) is 0 Å². The van der Waals surface area contributed by atoms with Gasteiger partial charge < -0.3 is 10.0 Å². The zero-order chi connectivity index (χ0) is 38.1. The number of allylic oxidation sites excluding steroid dienone is 4. The van der Waals surface area contributed by atoms with Gasteiger partial charge in [0.05, 0.1) is 27.0 Å². The molecule has 0 bridgehead atoms. The van der Waals surface area contributed by atoms with Crippen molar-refractivity contribution in [1.82, 2.24) is 0 Å². The molecule has 8 heteroatoms. The van der Waals surface area contributed by atoms with Gasteiger partial charge in [0, 0.05) is 65.6 Å². The van der Waals surface area contributed by atoms with E-state index >= 15 is 0 Å². The van der Waals surface area contributed by atoms with Crippen molar-refractivity contribution in [2.24, 2.45) is 0 Å². The highest BCUT2D eigenvalue weighted by Crippen LogP contribution is 2.49. The summed E-state index contributed by atoms with van der Waals surface area (Å²) in [6.07, 6.45) is 7.84. The predicted octanol–water partition coefficient (Wildman–Crippen LogP) is 7.66. The van der Waals surface area contributed by atoms with Crippen LogP contribution in [0, 0.1) is 18.8 Å². The monoisotopic (exact) mass is 753 g/mol. The minimum absolute atomic E-state index is 0.0233. The average molecular weight is 754 g/mol. The molecule has 1 N–H and O–H groups in total. The number of ketones is 1. The van der Waals surface area contributed by atoms with E-state index in [9.17, 15) is 19.5 Å². The van der Waals surface area contributed by atoms with Crippen LogP contribution in [0.5, 0.6) is 0 Å². The van der Waals surface area contributed by atoms with Gasteiger partial charge in [-0.1, -0.05) is 76.9 Å². The lowest BCUT2D eigenvalue weighted by atomic mass is 9.80. The van der Waals surface area contributed by atoms with E-state index in [4.69, 9.17) is 0 Å². The van der Waals surface area contributed by atoms with Crippen molar-refractivity contribution in [1.29, 1.82) is 0 Å². The molecule has 0 saturated heterocycles. The lowest BCUT2D eigenvalue weighted by Crippen LogP contribution is -2.51. The maximum Gasteiger partial charge on any atom is 0.209 e. The molecule has 0 atom stereocenters. The van der Waals surface area contributed by atoms with Crippen molar-refractivity contribution in [2.45, 2.75) is 78.1 Å². The molecular formula is C46H45N2O4S2+. The summed E-state index contributed by atoms with van der Waals surface area (Å²) in [4.78, 5) is 43.2. The Balaban J connectivity index is 1.18. The largest absolute Gasteiger partial charge is 0.506 e. The van der Waals surface area contributed by atoms with Gasteiger partial charge >= 0.3 is 0 Å². The summed E-state index contributed by atoms with van der Waals surface area (Å²) < 4.78 is 5.42. The number of aliphatic hydroxyl groups is 1. The summed E-state index contributed by atoms with van der Waals surface area (Å²) >= 11 is 2.83. The molecule has 3 aliphatic rings. The first kappa shape index (κ1) is 36.1. The van der Waals surface area contributed by atoms with Gasteiger partial charge in [0.1, 0.15) is 12.3 Å². The molecule has 54 heavy (non-hydrogen) atoms. The second-order valence-corrected chi connectivity index (χ2v) is 17.8. The maximum atomic E-state index is 13.7. The Morgan fingerprint density at radius 1 is 0.722 bits per heavy atom. The van der Waals surface area contributed by atoms with E-state index < -0.39 is 0 Å². The van der Waals surface area contributed by atoms with Gasteiger partial charge in [0.25, 0.3) is 0 Å². The highest BCUT2D eigenvalue weighted by atomic mass is 32.1. The molecule has 0 unspecified atom stereocenters. The van der Waals surface area contributed by atoms with E-state index in [2.05, 4.69) is 81.3 Å². The topological polar surface area (TPSA) is 77.7 Å². The SMILES string of the molecule is CCCCN1C(=CC2=C(O)C(=c3ccc(=c4ccc(=c5c(=O)c(=CC6=[N+](CCCC)c7ccccc7C6(C)C)c5=O)s4)s3)C2=O)C(C)(C)c2ccccc21. The Labute approximate surface area is 322 Å². The van der Waals surface area contributed by atoms with Gasteiger partial charge in [0.15, 0.2) is 5.71 Å². The van der Waals surface area contributed by atoms with E-state index in [0.717, 1.165) is 70.6 Å². The summed E-state index contributed by atoms with van der Waals surface area (Å²) in [6.45, 7) is 14.7. The Morgan fingerprint density at radius 3 is 2.02 bits per heavy atom. The number of anilines is 1. The van der Waals surface area contributed by atoms with E-state index in [0.29, 0.717) is 20.2 Å². The minimum Gasteiger partial charge on any atom is -0.506 e. The van der Waals surface area contributed by atoms with E-state index in [1.807, 2.05) is 54.6 Å². The van der Waals surface area contributed by atoms with Crippen LogP contribution in [-0.2, 0) is 15.6 Å². The zero-order valence-electron chi connectivity index (χ0n) is 31.7. The Kier molecular flexibility index (Phi) is 8.97. The minimum atomic E-state index is -0.338. The van der Waals surface area contributed by atoms with E-state index in [1.165, 1.54) is 33.8 Å². The van der Waals surface area contributed by atoms with Crippen molar-refractivity contribution < 1.29 is 14.5 Å². The fourth-order valence-electron chi connectivity index (χ4n) is 8.35. The van der Waals surface area contributed by atoms with Crippen LogP contribution in [0.3, 0.4) is 0 Å². The number of benzene rings is 2. The molecule has 0 amide bonds. The van der Waals surface area contributed by atoms with Gasteiger partial charge in [-0.05, 0) is 62.2 Å². The number of hydrogen-bond donors (Lipinski definition) is 1. The number of unbranched alkanes of at least 4 members (excludes halogenated alkanes) is 2. The molecule has 5 aromatic rings. The molecule has 1 aliphatic carbocycles. The molecule has 274 valence electrons. The number of Topliss-reactive ketones (excluding diaryl/α,β-unsaturated/α-hetero) is 1. The van der Waals surface area contributed by atoms with E-state index in [1.54, 1.807) is 0 Å². The lowest BCUT2D eigenvalue weighted by molar-refractivity contribution is -0.437. The highest BCUT2D eigenvalue weighted by molar-refractivity contribution is 7.11. The van der Waals surface area contributed by atoms with Gasteiger partial charge in [-0.2, -0.15) is 4.58 Å². The number of hydrogen-bond acceptors (Lipinski definition) is 7. The number of thiophene rings is 2. The second kappa shape index (κ2) is 13.4. The third-order valence-electron chi connectivity index (χ3n) is 11.5. The zero-order valence-corrected chi connectivity index (χ0v) is 33.3. The van der Waals surface area contributed by atoms with Crippen molar-refractivity contribution in [2.75, 3.05) is 18.0 Å². The molecule has 4 heterocycles. The number of rotatable bonds is 8. The molecule has 8 rings (SSSR count). The summed E-state index contributed by atoms with van der Waals surface area (Å²) in [5, 5.41) is 11.8. The predicted molar refractivity (Wildman–Crippen MR) is 221 cm³/mol. The summed E-state index contributed by atoms with van der Waals surface area (Å²) in [5.74, 6) is -0.141. The molecular weight excluding hydrogens is 709 g/mol. The quantitative estimate of drug-likeness (QED) is 0.165. The first-order chi connectivity index (χ1) is 25.9. The van der Waals surface area contributed by atoms with Crippen molar-refractivity contribution in [3.05, 3.63) is 156 Å². The summed E-state index contributed by atoms with van der Waals surface area (Å²) in [7, 11) is 0. The van der Waals surface area contributed by atoms with Gasteiger partial charge in [-0.15, -0.1) is 22.7 Å². The number of carbonyl (C=O) groups is 1. The van der Waals surface area contributed by atoms with Crippen LogP contribution in [0.1, 0.15) is 78.4 Å². The maximum absolute atomic E-state index is 13.7. The summed E-state index contributed by atoms with van der Waals surface area (Å²) in [6, 6.07) is 24.3. The average Bonchev–Trinajstić information content (AvgIpc) is 3.92. The first-order valence-corrected chi connectivity index (χ1v) is 20.6. The normalized spacial score (nSPS) is 19.6. The van der Waals surface area contributed by atoms with Crippen LogP contribution < -0.4 is 25.5 Å². The summed E-state index contributed by atoms with van der Waals surface area (Å²) in [5.41, 5.74) is 6.30. The molecule has 0 spiro atoms. The molecule has 0 saturated carbocycles. The molecule has 0 radical (unpaired) electrons. The van der Waals surface area contributed by atoms with Crippen LogP contribution in [0.25, 0.3) is 11.6 Å². The number of nitrogens with zero attached hydrogens (tertiary/aromatic N) is 2. The van der Waals surface area contributed by atoms with Gasteiger partial charge in [-0.3, -0.25) is 14.4 Å². The molecule has 6 nitrogen and oxygen atoms in total. The van der Waals surface area contributed by atoms with Crippen LogP contribution in [0.4, 0.5) is 11.4 Å². The third kappa shape index (κ3) is 5.48. The van der Waals surface area contributed by atoms with Crippen LogP contribution in [0.2, 0.25) is 0 Å². The fourth-order valence-corrected chi connectivity index (χ4v) is 10.5. The first-order valence-electron chi connectivity index (χ1n) is 19.0. The number of carbonyl (C=O) groups excluding carboxylic acids is 1. The second-order valence-electron chi connectivity index (χ2n) is 15.6. The smallest absolute Gasteiger partial charge is 0.209 e. The van der Waals surface area contributed by atoms with Gasteiger partial charge in [0.2, 0.25) is 22.3 Å². The molecule has 3 aromatic carbocycles. The van der Waals surface area contributed by atoms with Crippen LogP contribution in [0.15, 0.2) is 105 Å². The lowest BCUT2D eigenvalue weighted by Gasteiger charge is -2.29. The molecule has 0 fully saturated rings. The Morgan fingerprint density at radius 2 is 1.33 bits per heavy atom. The van der Waals surface area contributed by atoms with Crippen molar-refractivity contribution in [3.8, 4) is 0 Å². The van der Waals surface area contributed by atoms with Crippen molar-refractivity contribution >= 4 is 57.2 Å². The Hall–Kier alpha value is -4.92. The number of para-hydroxylation sites is 2. The van der Waals surface area contributed by atoms with Gasteiger partial charge in [-0.25, -0.2) is 0 Å². The Bertz CT molecular complexity index is 2860. The van der Waals surface area contributed by atoms with Crippen LogP contribution >= 0.6 is 22.7 Å². The third-order valence-corrected chi connectivity index (χ3v) is 13.9. The van der Waals surface area contributed by atoms with Crippen LogP contribution in [-0.4, -0.2) is 34.3 Å². The number of fused-ring (bicyclic) bond motifs is 2. The van der Waals surface area contributed by atoms with E-state index in [-0.39, 0.29) is 43.7 Å². The number of aliphatic hydroxyl groups excluding tert-OH is 1.